The Morgan fingerprint density at radius 3 is 2.39 bits per heavy atom. The molecule has 2 nitrogen and oxygen atoms in total. The number of aliphatic hydroxyl groups is 1. The smallest absolute Gasteiger partial charge is 0.0564 e. The molecule has 2 N–H and O–H groups in total. The van der Waals surface area contributed by atoms with Crippen molar-refractivity contribution in [1.82, 2.24) is 5.32 Å². The molecule has 0 saturated heterocycles. The largest absolute Gasteiger partial charge is 0.395 e. The Labute approximate surface area is 117 Å². The van der Waals surface area contributed by atoms with Crippen LogP contribution in [-0.2, 0) is 0 Å². The predicted molar refractivity (Wildman–Crippen MR) is 82.2 cm³/mol. The molecule has 0 bridgehead atoms. The van der Waals surface area contributed by atoms with E-state index >= 15 is 0 Å². The minimum atomic E-state index is 0.266. The van der Waals surface area contributed by atoms with Crippen molar-refractivity contribution in [3.05, 3.63) is 0 Å². The zero-order chi connectivity index (χ0) is 13.8. The van der Waals surface area contributed by atoms with E-state index in [0.717, 1.165) is 5.92 Å². The molecule has 0 heterocycles. The van der Waals surface area contributed by atoms with Crippen molar-refractivity contribution in [1.29, 1.82) is 0 Å². The van der Waals surface area contributed by atoms with Crippen LogP contribution in [0.5, 0.6) is 0 Å². The Morgan fingerprint density at radius 2 is 1.89 bits per heavy atom. The molecule has 0 amide bonds. The van der Waals surface area contributed by atoms with Crippen LogP contribution in [-0.4, -0.2) is 35.3 Å². The highest BCUT2D eigenvalue weighted by atomic mass is 32.2. The minimum absolute atomic E-state index is 0.266. The lowest BCUT2D eigenvalue weighted by atomic mass is 9.69. The quantitative estimate of drug-likeness (QED) is 0.806. The van der Waals surface area contributed by atoms with Crippen molar-refractivity contribution in [2.75, 3.05) is 12.9 Å². The van der Waals surface area contributed by atoms with E-state index in [1.54, 1.807) is 11.8 Å². The maximum absolute atomic E-state index is 9.39. The van der Waals surface area contributed by atoms with E-state index in [9.17, 15) is 5.11 Å². The van der Waals surface area contributed by atoms with Gasteiger partial charge in [0, 0.05) is 17.3 Å². The Morgan fingerprint density at radius 1 is 1.28 bits per heavy atom. The monoisotopic (exact) mass is 273 g/mol. The lowest BCUT2D eigenvalue weighted by molar-refractivity contribution is 0.121. The summed E-state index contributed by atoms with van der Waals surface area (Å²) >= 11 is 1.76. The second-order valence-electron chi connectivity index (χ2n) is 6.78. The van der Waals surface area contributed by atoms with Gasteiger partial charge in [-0.05, 0) is 37.4 Å². The molecule has 4 unspecified atom stereocenters. The average Bonchev–Trinajstić information content (AvgIpc) is 2.30. The molecule has 0 aromatic rings. The Bertz CT molecular complexity index is 235. The van der Waals surface area contributed by atoms with Gasteiger partial charge < -0.3 is 10.4 Å². The third kappa shape index (κ3) is 4.43. The molecular weight excluding hydrogens is 242 g/mol. The average molecular weight is 273 g/mol. The second kappa shape index (κ2) is 7.16. The summed E-state index contributed by atoms with van der Waals surface area (Å²) in [6.45, 7) is 9.56. The van der Waals surface area contributed by atoms with Crippen LogP contribution in [0.1, 0.15) is 53.4 Å². The van der Waals surface area contributed by atoms with Gasteiger partial charge in [-0.15, -0.1) is 0 Å². The molecule has 3 heteroatoms. The van der Waals surface area contributed by atoms with Crippen LogP contribution in [0.3, 0.4) is 0 Å². The maximum Gasteiger partial charge on any atom is 0.0564 e. The van der Waals surface area contributed by atoms with Crippen LogP contribution in [0.15, 0.2) is 0 Å². The first-order valence-corrected chi connectivity index (χ1v) is 8.58. The molecular formula is C15H31NOS. The number of rotatable bonds is 5. The molecule has 1 aliphatic carbocycles. The van der Waals surface area contributed by atoms with E-state index in [4.69, 9.17) is 0 Å². The number of hydrogen-bond acceptors (Lipinski definition) is 3. The predicted octanol–water partition coefficient (Wildman–Crippen LogP) is 3.29. The van der Waals surface area contributed by atoms with E-state index < -0.39 is 0 Å². The molecule has 1 fully saturated rings. The van der Waals surface area contributed by atoms with Crippen molar-refractivity contribution in [3.63, 3.8) is 0 Å². The minimum Gasteiger partial charge on any atom is -0.395 e. The summed E-state index contributed by atoms with van der Waals surface area (Å²) < 4.78 is 0. The van der Waals surface area contributed by atoms with E-state index in [0.29, 0.717) is 22.7 Å². The van der Waals surface area contributed by atoms with Gasteiger partial charge >= 0.3 is 0 Å². The second-order valence-corrected chi connectivity index (χ2v) is 7.85. The van der Waals surface area contributed by atoms with Crippen molar-refractivity contribution in [2.45, 2.75) is 70.7 Å². The van der Waals surface area contributed by atoms with Crippen LogP contribution in [0.4, 0.5) is 0 Å². The molecule has 0 radical (unpaired) electrons. The Balaban J connectivity index is 2.62. The van der Waals surface area contributed by atoms with E-state index in [2.05, 4.69) is 39.3 Å². The molecule has 1 rings (SSSR count). The number of aliphatic hydroxyl groups excluding tert-OH is 1. The fraction of sp³-hybridized carbons (Fsp3) is 1.00. The zero-order valence-electron chi connectivity index (χ0n) is 12.7. The Kier molecular flexibility index (Phi) is 6.49. The van der Waals surface area contributed by atoms with E-state index in [1.165, 1.54) is 25.7 Å². The number of thioether (sulfide) groups is 1. The van der Waals surface area contributed by atoms with Gasteiger partial charge in [0.25, 0.3) is 0 Å². The lowest BCUT2D eigenvalue weighted by Crippen LogP contribution is -2.50. The molecule has 4 atom stereocenters. The summed E-state index contributed by atoms with van der Waals surface area (Å²) in [5.74, 6) is 0.759. The van der Waals surface area contributed by atoms with Crippen molar-refractivity contribution < 1.29 is 5.11 Å². The summed E-state index contributed by atoms with van der Waals surface area (Å²) in [6, 6.07) is 1.01. The number of nitrogens with one attached hydrogen (secondary N) is 1. The zero-order valence-corrected chi connectivity index (χ0v) is 13.5. The fourth-order valence-electron chi connectivity index (χ4n) is 3.25. The molecule has 0 aromatic carbocycles. The SMILES string of the molecule is CSC(CO)C(C)NC1CCCCC1C(C)(C)C. The standard InChI is InChI=1S/C15H31NOS/c1-11(14(10-17)18-5)16-13-9-7-6-8-12(13)15(2,3)4/h11-14,16-17H,6-10H2,1-5H3. The summed E-state index contributed by atoms with van der Waals surface area (Å²) in [5, 5.41) is 13.5. The molecule has 1 aliphatic rings. The van der Waals surface area contributed by atoms with Crippen LogP contribution < -0.4 is 5.32 Å². The highest BCUT2D eigenvalue weighted by Gasteiger charge is 2.35. The van der Waals surface area contributed by atoms with E-state index in [1.807, 2.05) is 0 Å². The highest BCUT2D eigenvalue weighted by Crippen LogP contribution is 2.38. The van der Waals surface area contributed by atoms with Crippen molar-refractivity contribution >= 4 is 11.8 Å². The van der Waals surface area contributed by atoms with Gasteiger partial charge in [0.2, 0.25) is 0 Å². The first-order valence-electron chi connectivity index (χ1n) is 7.29. The molecule has 18 heavy (non-hydrogen) atoms. The molecule has 1 saturated carbocycles. The third-order valence-electron chi connectivity index (χ3n) is 4.40. The van der Waals surface area contributed by atoms with Gasteiger partial charge in [-0.3, -0.25) is 0 Å². The Hall–Kier alpha value is 0.270. The lowest BCUT2D eigenvalue weighted by Gasteiger charge is -2.42. The first kappa shape index (κ1) is 16.3. The van der Waals surface area contributed by atoms with Gasteiger partial charge in [0.05, 0.1) is 6.61 Å². The summed E-state index contributed by atoms with van der Waals surface area (Å²) in [6.07, 6.45) is 7.44. The van der Waals surface area contributed by atoms with Gasteiger partial charge in [0.1, 0.15) is 0 Å². The van der Waals surface area contributed by atoms with Crippen molar-refractivity contribution in [2.24, 2.45) is 11.3 Å². The highest BCUT2D eigenvalue weighted by molar-refractivity contribution is 7.99. The topological polar surface area (TPSA) is 32.3 Å². The van der Waals surface area contributed by atoms with Gasteiger partial charge in [-0.25, -0.2) is 0 Å². The molecule has 0 aromatic heterocycles. The number of hydrogen-bond donors (Lipinski definition) is 2. The van der Waals surface area contributed by atoms with Crippen LogP contribution >= 0.6 is 11.8 Å². The van der Waals surface area contributed by atoms with Crippen LogP contribution in [0, 0.1) is 11.3 Å². The molecule has 0 aliphatic heterocycles. The molecule has 108 valence electrons. The summed E-state index contributed by atoms with van der Waals surface area (Å²) in [4.78, 5) is 0. The van der Waals surface area contributed by atoms with Crippen LogP contribution in [0.25, 0.3) is 0 Å². The molecule has 0 spiro atoms. The maximum atomic E-state index is 9.39. The summed E-state index contributed by atoms with van der Waals surface area (Å²) in [7, 11) is 0. The van der Waals surface area contributed by atoms with E-state index in [-0.39, 0.29) is 6.61 Å². The van der Waals surface area contributed by atoms with Gasteiger partial charge in [-0.1, -0.05) is 33.6 Å². The van der Waals surface area contributed by atoms with Gasteiger partial charge in [0.15, 0.2) is 0 Å². The third-order valence-corrected chi connectivity index (χ3v) is 5.56. The summed E-state index contributed by atoms with van der Waals surface area (Å²) in [5.41, 5.74) is 0.381. The fourth-order valence-corrected chi connectivity index (χ4v) is 3.88. The normalized spacial score (nSPS) is 29.0. The van der Waals surface area contributed by atoms with Crippen molar-refractivity contribution in [3.8, 4) is 0 Å². The first-order chi connectivity index (χ1) is 8.40. The van der Waals surface area contributed by atoms with Gasteiger partial charge in [-0.2, -0.15) is 11.8 Å². The van der Waals surface area contributed by atoms with Crippen LogP contribution in [0.2, 0.25) is 0 Å².